The van der Waals surface area contributed by atoms with Gasteiger partial charge in [0.25, 0.3) is 5.69 Å². The Labute approximate surface area is 119 Å². The molecule has 1 saturated heterocycles. The number of likely N-dealkylation sites (N-methyl/N-ethyl adjacent to an activating group) is 1. The van der Waals surface area contributed by atoms with E-state index in [1.54, 1.807) is 6.07 Å². The van der Waals surface area contributed by atoms with Crippen molar-refractivity contribution in [3.05, 3.63) is 33.6 Å². The van der Waals surface area contributed by atoms with Crippen LogP contribution in [-0.4, -0.2) is 46.6 Å². The number of anilines is 1. The highest BCUT2D eigenvalue weighted by Gasteiger charge is 2.21. The first-order valence-corrected chi connectivity index (χ1v) is 6.47. The van der Waals surface area contributed by atoms with Gasteiger partial charge in [0, 0.05) is 30.6 Å². The van der Waals surface area contributed by atoms with Gasteiger partial charge in [-0.2, -0.15) is 4.98 Å². The standard InChI is InChI=1S/C12H12ClN5O2/c1-16-4-5-17(7-16)11-9-3-2-8(18(19)20)6-10(9)14-12(13)15-11/h2-3,6H,4-5,7H2,1H3. The molecule has 3 rings (SSSR count). The highest BCUT2D eigenvalue weighted by atomic mass is 35.5. The quantitative estimate of drug-likeness (QED) is 0.478. The van der Waals surface area contributed by atoms with E-state index in [1.165, 1.54) is 12.1 Å². The van der Waals surface area contributed by atoms with Gasteiger partial charge in [0.1, 0.15) is 5.82 Å². The monoisotopic (exact) mass is 293 g/mol. The number of nitrogens with zero attached hydrogens (tertiary/aromatic N) is 5. The second kappa shape index (κ2) is 4.84. The number of non-ortho nitro benzene ring substituents is 1. The first kappa shape index (κ1) is 13.0. The number of benzene rings is 1. The fourth-order valence-corrected chi connectivity index (χ4v) is 2.50. The molecule has 0 saturated carbocycles. The minimum atomic E-state index is -0.446. The summed E-state index contributed by atoms with van der Waals surface area (Å²) in [5.74, 6) is 0.722. The van der Waals surface area contributed by atoms with Crippen LogP contribution >= 0.6 is 11.6 Å². The zero-order valence-electron chi connectivity index (χ0n) is 10.8. The van der Waals surface area contributed by atoms with Crippen molar-refractivity contribution in [3.63, 3.8) is 0 Å². The summed E-state index contributed by atoms with van der Waals surface area (Å²) in [6.45, 7) is 2.53. The molecule has 0 N–H and O–H groups in total. The molecule has 8 heteroatoms. The van der Waals surface area contributed by atoms with E-state index < -0.39 is 4.92 Å². The Morgan fingerprint density at radius 2 is 2.15 bits per heavy atom. The van der Waals surface area contributed by atoms with Gasteiger partial charge in [-0.1, -0.05) is 0 Å². The molecule has 2 heterocycles. The van der Waals surface area contributed by atoms with Crippen molar-refractivity contribution < 1.29 is 4.92 Å². The average Bonchev–Trinajstić information content (AvgIpc) is 2.83. The van der Waals surface area contributed by atoms with E-state index >= 15 is 0 Å². The predicted molar refractivity (Wildman–Crippen MR) is 76.0 cm³/mol. The summed E-state index contributed by atoms with van der Waals surface area (Å²) < 4.78 is 0. The molecule has 0 bridgehead atoms. The number of fused-ring (bicyclic) bond motifs is 1. The fraction of sp³-hybridized carbons (Fsp3) is 0.333. The van der Waals surface area contributed by atoms with E-state index in [0.717, 1.165) is 31.0 Å². The minimum absolute atomic E-state index is 0.00300. The third-order valence-electron chi connectivity index (χ3n) is 3.31. The maximum atomic E-state index is 10.8. The van der Waals surface area contributed by atoms with Gasteiger partial charge in [0.05, 0.1) is 17.1 Å². The van der Waals surface area contributed by atoms with Crippen molar-refractivity contribution in [1.29, 1.82) is 0 Å². The second-order valence-electron chi connectivity index (χ2n) is 4.76. The molecule has 0 radical (unpaired) electrons. The van der Waals surface area contributed by atoms with Crippen molar-refractivity contribution in [1.82, 2.24) is 14.9 Å². The van der Waals surface area contributed by atoms with Crippen molar-refractivity contribution in [3.8, 4) is 0 Å². The van der Waals surface area contributed by atoms with Gasteiger partial charge >= 0.3 is 0 Å². The van der Waals surface area contributed by atoms with Crippen molar-refractivity contribution in [2.75, 3.05) is 31.7 Å². The van der Waals surface area contributed by atoms with Gasteiger partial charge in [0.15, 0.2) is 0 Å². The lowest BCUT2D eigenvalue weighted by Gasteiger charge is -2.18. The second-order valence-corrected chi connectivity index (χ2v) is 5.10. The first-order valence-electron chi connectivity index (χ1n) is 6.10. The Kier molecular flexibility index (Phi) is 3.15. The minimum Gasteiger partial charge on any atom is -0.342 e. The molecule has 1 aliphatic heterocycles. The van der Waals surface area contributed by atoms with Crippen LogP contribution in [0.2, 0.25) is 5.28 Å². The summed E-state index contributed by atoms with van der Waals surface area (Å²) in [4.78, 5) is 23.0. The smallest absolute Gasteiger partial charge is 0.271 e. The highest BCUT2D eigenvalue weighted by molar-refractivity contribution is 6.28. The van der Waals surface area contributed by atoms with E-state index in [0.29, 0.717) is 5.52 Å². The van der Waals surface area contributed by atoms with Gasteiger partial charge < -0.3 is 4.90 Å². The number of hydrogen-bond acceptors (Lipinski definition) is 6. The van der Waals surface area contributed by atoms with Crippen LogP contribution in [0, 0.1) is 10.1 Å². The number of nitro benzene ring substituents is 1. The Bertz CT molecular complexity index is 693. The van der Waals surface area contributed by atoms with Gasteiger partial charge in [-0.15, -0.1) is 0 Å². The molecule has 0 aliphatic carbocycles. The molecule has 0 amide bonds. The molecule has 0 spiro atoms. The lowest BCUT2D eigenvalue weighted by Crippen LogP contribution is -2.23. The van der Waals surface area contributed by atoms with E-state index in [4.69, 9.17) is 11.6 Å². The largest absolute Gasteiger partial charge is 0.342 e. The fourth-order valence-electron chi connectivity index (χ4n) is 2.33. The predicted octanol–water partition coefficient (Wildman–Crippen LogP) is 1.90. The molecule has 0 unspecified atom stereocenters. The molecule has 1 aromatic carbocycles. The van der Waals surface area contributed by atoms with Crippen LogP contribution in [0.4, 0.5) is 11.5 Å². The van der Waals surface area contributed by atoms with Crippen LogP contribution in [-0.2, 0) is 0 Å². The number of nitro groups is 1. The van der Waals surface area contributed by atoms with Crippen molar-refractivity contribution in [2.45, 2.75) is 0 Å². The molecular weight excluding hydrogens is 282 g/mol. The maximum absolute atomic E-state index is 10.8. The summed E-state index contributed by atoms with van der Waals surface area (Å²) >= 11 is 5.94. The molecule has 1 fully saturated rings. The molecule has 104 valence electrons. The van der Waals surface area contributed by atoms with Crippen LogP contribution in [0.15, 0.2) is 18.2 Å². The molecule has 1 aromatic heterocycles. The van der Waals surface area contributed by atoms with Crippen LogP contribution in [0.1, 0.15) is 0 Å². The lowest BCUT2D eigenvalue weighted by molar-refractivity contribution is -0.384. The average molecular weight is 294 g/mol. The third-order valence-corrected chi connectivity index (χ3v) is 3.48. The number of rotatable bonds is 2. The van der Waals surface area contributed by atoms with Crippen molar-refractivity contribution in [2.24, 2.45) is 0 Å². The van der Waals surface area contributed by atoms with Gasteiger partial charge in [0.2, 0.25) is 5.28 Å². The summed E-state index contributed by atoms with van der Waals surface area (Å²) in [6.07, 6.45) is 0. The Hall–Kier alpha value is -1.99. The van der Waals surface area contributed by atoms with Gasteiger partial charge in [-0.3, -0.25) is 15.0 Å². The lowest BCUT2D eigenvalue weighted by atomic mass is 10.2. The summed E-state index contributed by atoms with van der Waals surface area (Å²) in [7, 11) is 2.02. The molecular formula is C12H12ClN5O2. The number of halogens is 1. The van der Waals surface area contributed by atoms with E-state index in [-0.39, 0.29) is 11.0 Å². The zero-order valence-corrected chi connectivity index (χ0v) is 11.5. The molecule has 7 nitrogen and oxygen atoms in total. The molecule has 1 aliphatic rings. The Balaban J connectivity index is 2.14. The van der Waals surface area contributed by atoms with Crippen LogP contribution in [0.5, 0.6) is 0 Å². The maximum Gasteiger partial charge on any atom is 0.271 e. The summed E-state index contributed by atoms with van der Waals surface area (Å²) in [5.41, 5.74) is 0.487. The topological polar surface area (TPSA) is 75.4 Å². The van der Waals surface area contributed by atoms with E-state index in [2.05, 4.69) is 19.8 Å². The number of hydrogen-bond donors (Lipinski definition) is 0. The molecule has 0 atom stereocenters. The molecule has 20 heavy (non-hydrogen) atoms. The summed E-state index contributed by atoms with van der Waals surface area (Å²) in [6, 6.07) is 4.56. The van der Waals surface area contributed by atoms with Crippen LogP contribution < -0.4 is 4.90 Å². The number of aromatic nitrogens is 2. The van der Waals surface area contributed by atoms with Gasteiger partial charge in [-0.05, 0) is 24.7 Å². The highest BCUT2D eigenvalue weighted by Crippen LogP contribution is 2.29. The Morgan fingerprint density at radius 3 is 2.80 bits per heavy atom. The van der Waals surface area contributed by atoms with Crippen LogP contribution in [0.3, 0.4) is 0 Å². The zero-order chi connectivity index (χ0) is 14.3. The SMILES string of the molecule is CN1CCN(c2nc(Cl)nc3cc([N+](=O)[O-])ccc23)C1. The van der Waals surface area contributed by atoms with E-state index in [9.17, 15) is 10.1 Å². The first-order chi connectivity index (χ1) is 9.54. The van der Waals surface area contributed by atoms with Gasteiger partial charge in [-0.25, -0.2) is 4.98 Å². The Morgan fingerprint density at radius 1 is 1.35 bits per heavy atom. The molecule has 2 aromatic rings. The third kappa shape index (κ3) is 2.25. The summed E-state index contributed by atoms with van der Waals surface area (Å²) in [5, 5.41) is 11.7. The van der Waals surface area contributed by atoms with Crippen molar-refractivity contribution >= 4 is 34.0 Å². The van der Waals surface area contributed by atoms with Crippen LogP contribution in [0.25, 0.3) is 10.9 Å². The van der Waals surface area contributed by atoms with E-state index in [1.807, 2.05) is 7.05 Å². The normalized spacial score (nSPS) is 16.0.